The van der Waals surface area contributed by atoms with Gasteiger partial charge in [0.25, 0.3) is 0 Å². The lowest BCUT2D eigenvalue weighted by Crippen LogP contribution is -2.40. The van der Waals surface area contributed by atoms with E-state index in [2.05, 4.69) is 4.74 Å². The summed E-state index contributed by atoms with van der Waals surface area (Å²) in [5.74, 6) is -1.08. The Labute approximate surface area is 54.6 Å². The van der Waals surface area contributed by atoms with Crippen LogP contribution in [-0.4, -0.2) is 19.7 Å². The standard InChI is InChI=1S/C6H12O3/c1-6(2,4-9-3)5(7)8/h4H2,1-3H3,(H,7,8)/p-1. The van der Waals surface area contributed by atoms with Crippen LogP contribution >= 0.6 is 0 Å². The summed E-state index contributed by atoms with van der Waals surface area (Å²) in [5, 5.41) is 10.2. The molecule has 0 aromatic carbocycles. The van der Waals surface area contributed by atoms with Crippen LogP contribution in [0.1, 0.15) is 13.8 Å². The fourth-order valence-electron chi connectivity index (χ4n) is 0.420. The zero-order valence-electron chi connectivity index (χ0n) is 5.93. The molecule has 0 unspecified atom stereocenters. The molecule has 0 aromatic rings. The second-order valence-electron chi connectivity index (χ2n) is 2.60. The normalized spacial score (nSPS) is 11.4. The number of carbonyl (C=O) groups excluding carboxylic acids is 1. The monoisotopic (exact) mass is 131 g/mol. The lowest BCUT2D eigenvalue weighted by Gasteiger charge is -2.23. The molecule has 0 aliphatic rings. The van der Waals surface area contributed by atoms with Gasteiger partial charge >= 0.3 is 0 Å². The molecule has 0 fully saturated rings. The Hall–Kier alpha value is -0.570. The first-order chi connectivity index (χ1) is 4.00. The molecule has 0 saturated carbocycles. The summed E-state index contributed by atoms with van der Waals surface area (Å²) >= 11 is 0. The van der Waals surface area contributed by atoms with Gasteiger partial charge in [-0.25, -0.2) is 0 Å². The van der Waals surface area contributed by atoms with Crippen LogP contribution in [0.3, 0.4) is 0 Å². The SMILES string of the molecule is COCC(C)(C)C(=O)[O-]. The van der Waals surface area contributed by atoms with Crippen molar-refractivity contribution < 1.29 is 14.6 Å². The zero-order valence-corrected chi connectivity index (χ0v) is 5.93. The van der Waals surface area contributed by atoms with Gasteiger partial charge in [-0.1, -0.05) is 13.8 Å². The van der Waals surface area contributed by atoms with Gasteiger partial charge in [-0.2, -0.15) is 0 Å². The van der Waals surface area contributed by atoms with E-state index in [0.717, 1.165) is 0 Å². The van der Waals surface area contributed by atoms with Crippen LogP contribution in [0.4, 0.5) is 0 Å². The summed E-state index contributed by atoms with van der Waals surface area (Å²) in [6.07, 6.45) is 0. The quantitative estimate of drug-likeness (QED) is 0.514. The van der Waals surface area contributed by atoms with Gasteiger partial charge in [-0.05, 0) is 0 Å². The molecule has 0 aliphatic heterocycles. The van der Waals surface area contributed by atoms with Gasteiger partial charge in [0.2, 0.25) is 0 Å². The average Bonchev–Trinajstić information content (AvgIpc) is 1.65. The molecular weight excluding hydrogens is 120 g/mol. The second-order valence-corrected chi connectivity index (χ2v) is 2.60. The highest BCUT2D eigenvalue weighted by molar-refractivity contribution is 5.71. The number of carbonyl (C=O) groups is 1. The number of aliphatic carboxylic acids is 1. The summed E-state index contributed by atoms with van der Waals surface area (Å²) in [5.41, 5.74) is -0.866. The van der Waals surface area contributed by atoms with E-state index in [1.807, 2.05) is 0 Å². The largest absolute Gasteiger partial charge is 0.549 e. The Morgan fingerprint density at radius 2 is 2.11 bits per heavy atom. The van der Waals surface area contributed by atoms with E-state index in [1.54, 1.807) is 13.8 Å². The fourth-order valence-corrected chi connectivity index (χ4v) is 0.420. The molecule has 0 bridgehead atoms. The van der Waals surface area contributed by atoms with Crippen LogP contribution in [0.15, 0.2) is 0 Å². The molecule has 0 amide bonds. The molecule has 0 aromatic heterocycles. The fraction of sp³-hybridized carbons (Fsp3) is 0.833. The van der Waals surface area contributed by atoms with Crippen molar-refractivity contribution in [2.24, 2.45) is 5.41 Å². The molecule has 0 spiro atoms. The van der Waals surface area contributed by atoms with Crippen molar-refractivity contribution in [1.29, 1.82) is 0 Å². The van der Waals surface area contributed by atoms with E-state index >= 15 is 0 Å². The third kappa shape index (κ3) is 2.46. The van der Waals surface area contributed by atoms with Gasteiger partial charge in [0.05, 0.1) is 6.61 Å². The van der Waals surface area contributed by atoms with E-state index < -0.39 is 11.4 Å². The predicted molar refractivity (Wildman–Crippen MR) is 30.7 cm³/mol. The molecule has 0 N–H and O–H groups in total. The number of hydrogen-bond acceptors (Lipinski definition) is 3. The molecule has 3 nitrogen and oxygen atoms in total. The number of rotatable bonds is 3. The average molecular weight is 131 g/mol. The smallest absolute Gasteiger partial charge is 0.0565 e. The molecule has 0 heterocycles. The first kappa shape index (κ1) is 8.43. The Bertz CT molecular complexity index is 107. The lowest BCUT2D eigenvalue weighted by atomic mass is 9.96. The highest BCUT2D eigenvalue weighted by Crippen LogP contribution is 2.12. The number of methoxy groups -OCH3 is 1. The summed E-state index contributed by atoms with van der Waals surface area (Å²) in [6, 6.07) is 0. The van der Waals surface area contributed by atoms with Crippen molar-refractivity contribution in [3.63, 3.8) is 0 Å². The Balaban J connectivity index is 3.85. The van der Waals surface area contributed by atoms with E-state index in [4.69, 9.17) is 0 Å². The van der Waals surface area contributed by atoms with Crippen LogP contribution in [0.5, 0.6) is 0 Å². The van der Waals surface area contributed by atoms with Crippen LogP contribution in [0.2, 0.25) is 0 Å². The minimum Gasteiger partial charge on any atom is -0.549 e. The topological polar surface area (TPSA) is 49.4 Å². The Morgan fingerprint density at radius 3 is 2.22 bits per heavy atom. The third-order valence-corrected chi connectivity index (χ3v) is 1.06. The highest BCUT2D eigenvalue weighted by Gasteiger charge is 2.18. The molecule has 0 rings (SSSR count). The molecule has 3 heteroatoms. The van der Waals surface area contributed by atoms with Gasteiger partial charge in [0.15, 0.2) is 0 Å². The van der Waals surface area contributed by atoms with Crippen molar-refractivity contribution in [3.05, 3.63) is 0 Å². The van der Waals surface area contributed by atoms with Crippen LogP contribution in [-0.2, 0) is 9.53 Å². The molecule has 0 radical (unpaired) electrons. The van der Waals surface area contributed by atoms with Crippen molar-refractivity contribution in [3.8, 4) is 0 Å². The number of carboxylic acids is 1. The number of carboxylic acid groups (broad SMARTS) is 1. The van der Waals surface area contributed by atoms with Crippen molar-refractivity contribution in [2.45, 2.75) is 13.8 Å². The molecular formula is C6H11O3-. The minimum absolute atomic E-state index is 0.190. The molecule has 0 saturated heterocycles. The van der Waals surface area contributed by atoms with Crippen LogP contribution in [0.25, 0.3) is 0 Å². The van der Waals surface area contributed by atoms with Crippen LogP contribution in [0, 0.1) is 5.41 Å². The van der Waals surface area contributed by atoms with Gasteiger partial charge in [-0.3, -0.25) is 0 Å². The van der Waals surface area contributed by atoms with Crippen molar-refractivity contribution >= 4 is 5.97 Å². The van der Waals surface area contributed by atoms with E-state index in [1.165, 1.54) is 7.11 Å². The predicted octanol–water partition coefficient (Wildman–Crippen LogP) is -0.591. The van der Waals surface area contributed by atoms with Crippen molar-refractivity contribution in [1.82, 2.24) is 0 Å². The van der Waals surface area contributed by atoms with Crippen LogP contribution < -0.4 is 5.11 Å². The van der Waals surface area contributed by atoms with Gasteiger partial charge in [0, 0.05) is 18.5 Å². The maximum atomic E-state index is 10.2. The number of ether oxygens (including phenoxy) is 1. The third-order valence-electron chi connectivity index (χ3n) is 1.06. The molecule has 54 valence electrons. The van der Waals surface area contributed by atoms with Gasteiger partial charge in [0.1, 0.15) is 0 Å². The lowest BCUT2D eigenvalue weighted by molar-refractivity contribution is -0.319. The molecule has 9 heavy (non-hydrogen) atoms. The number of hydrogen-bond donors (Lipinski definition) is 0. The maximum absolute atomic E-state index is 10.2. The molecule has 0 aliphatic carbocycles. The Kier molecular flexibility index (Phi) is 2.65. The van der Waals surface area contributed by atoms with E-state index in [0.29, 0.717) is 0 Å². The summed E-state index contributed by atoms with van der Waals surface area (Å²) in [6.45, 7) is 3.31. The van der Waals surface area contributed by atoms with Gasteiger partial charge < -0.3 is 14.6 Å². The van der Waals surface area contributed by atoms with E-state index in [-0.39, 0.29) is 6.61 Å². The Morgan fingerprint density at radius 1 is 1.67 bits per heavy atom. The second kappa shape index (κ2) is 2.82. The minimum atomic E-state index is -1.08. The van der Waals surface area contributed by atoms with Crippen molar-refractivity contribution in [2.75, 3.05) is 13.7 Å². The van der Waals surface area contributed by atoms with Gasteiger partial charge in [-0.15, -0.1) is 0 Å². The first-order valence-electron chi connectivity index (χ1n) is 2.71. The summed E-state index contributed by atoms with van der Waals surface area (Å²) < 4.78 is 4.65. The van der Waals surface area contributed by atoms with E-state index in [9.17, 15) is 9.90 Å². The highest BCUT2D eigenvalue weighted by atomic mass is 16.5. The summed E-state index contributed by atoms with van der Waals surface area (Å²) in [7, 11) is 1.46. The molecule has 0 atom stereocenters. The first-order valence-corrected chi connectivity index (χ1v) is 2.71. The summed E-state index contributed by atoms with van der Waals surface area (Å²) in [4.78, 5) is 10.2. The maximum Gasteiger partial charge on any atom is 0.0565 e. The zero-order chi connectivity index (χ0) is 7.49.